The lowest BCUT2D eigenvalue weighted by Crippen LogP contribution is -2.02. The number of hydrogen-bond donors (Lipinski definition) is 1. The van der Waals surface area contributed by atoms with E-state index in [1.807, 2.05) is 42.3 Å². The number of aromatic amines is 1. The predicted molar refractivity (Wildman–Crippen MR) is 87.4 cm³/mol. The van der Waals surface area contributed by atoms with Gasteiger partial charge in [0.05, 0.1) is 11.4 Å². The van der Waals surface area contributed by atoms with Crippen molar-refractivity contribution in [1.29, 1.82) is 0 Å². The van der Waals surface area contributed by atoms with Gasteiger partial charge >= 0.3 is 0 Å². The maximum atomic E-state index is 6.25. The van der Waals surface area contributed by atoms with Crippen molar-refractivity contribution >= 4 is 50.9 Å². The van der Waals surface area contributed by atoms with Crippen molar-refractivity contribution < 1.29 is 0 Å². The molecular weight excluding hydrogens is 360 g/mol. The Morgan fingerprint density at radius 3 is 2.75 bits per heavy atom. The van der Waals surface area contributed by atoms with Crippen LogP contribution in [0.5, 0.6) is 0 Å². The first-order valence-corrected chi connectivity index (χ1v) is 7.58. The van der Waals surface area contributed by atoms with Crippen molar-refractivity contribution in [2.24, 2.45) is 7.05 Å². The van der Waals surface area contributed by atoms with Crippen LogP contribution in [0.25, 0.3) is 16.9 Å². The average Bonchev–Trinajstić information content (AvgIpc) is 2.83. The van der Waals surface area contributed by atoms with Gasteiger partial charge in [-0.2, -0.15) is 5.10 Å². The maximum Gasteiger partial charge on any atom is 0.184 e. The van der Waals surface area contributed by atoms with Gasteiger partial charge in [0.25, 0.3) is 0 Å². The Morgan fingerprint density at radius 1 is 1.35 bits per heavy atom. The third-order valence-electron chi connectivity index (χ3n) is 3.31. The SMILES string of the molecule is Cc1cc(Br)c(-n2c(=S)[nH]c3c(C)nn(C)c32)cc1Cl. The van der Waals surface area contributed by atoms with Crippen LogP contribution in [0.4, 0.5) is 0 Å². The van der Waals surface area contributed by atoms with Crippen LogP contribution in [0.1, 0.15) is 11.3 Å². The summed E-state index contributed by atoms with van der Waals surface area (Å²) in [4.78, 5) is 3.21. The molecule has 0 aliphatic rings. The second-order valence-corrected chi connectivity index (χ2v) is 6.37. The normalized spacial score (nSPS) is 11.4. The van der Waals surface area contributed by atoms with Crippen LogP contribution in [-0.4, -0.2) is 19.3 Å². The van der Waals surface area contributed by atoms with E-state index in [0.717, 1.165) is 32.6 Å². The monoisotopic (exact) mass is 370 g/mol. The Kier molecular flexibility index (Phi) is 3.27. The number of aromatic nitrogens is 4. The fourth-order valence-corrected chi connectivity index (χ4v) is 3.42. The van der Waals surface area contributed by atoms with Gasteiger partial charge in [-0.3, -0.25) is 4.57 Å². The molecule has 0 fully saturated rings. The van der Waals surface area contributed by atoms with E-state index < -0.39 is 0 Å². The van der Waals surface area contributed by atoms with Crippen molar-refractivity contribution in [1.82, 2.24) is 19.3 Å². The molecule has 104 valence electrons. The van der Waals surface area contributed by atoms with Gasteiger partial charge in [0.1, 0.15) is 5.52 Å². The molecule has 0 radical (unpaired) electrons. The Morgan fingerprint density at radius 2 is 2.05 bits per heavy atom. The minimum Gasteiger partial charge on any atom is -0.327 e. The number of aryl methyl sites for hydroxylation is 3. The van der Waals surface area contributed by atoms with E-state index in [9.17, 15) is 0 Å². The molecule has 3 rings (SSSR count). The first-order valence-electron chi connectivity index (χ1n) is 6.00. The molecule has 0 aliphatic heterocycles. The number of H-pyrrole nitrogens is 1. The molecule has 7 heteroatoms. The highest BCUT2D eigenvalue weighted by atomic mass is 79.9. The number of rotatable bonds is 1. The van der Waals surface area contributed by atoms with Crippen LogP contribution in [0.2, 0.25) is 5.02 Å². The second kappa shape index (κ2) is 4.72. The van der Waals surface area contributed by atoms with Crippen molar-refractivity contribution in [3.63, 3.8) is 0 Å². The smallest absolute Gasteiger partial charge is 0.184 e. The van der Waals surface area contributed by atoms with E-state index >= 15 is 0 Å². The van der Waals surface area contributed by atoms with Gasteiger partial charge in [0, 0.05) is 16.5 Å². The number of benzene rings is 1. The summed E-state index contributed by atoms with van der Waals surface area (Å²) in [6.07, 6.45) is 0. The molecular formula is C13H12BrClN4S. The second-order valence-electron chi connectivity index (χ2n) is 4.73. The molecule has 0 saturated heterocycles. The van der Waals surface area contributed by atoms with Gasteiger partial charge in [-0.15, -0.1) is 0 Å². The molecule has 0 atom stereocenters. The van der Waals surface area contributed by atoms with Crippen LogP contribution in [0.3, 0.4) is 0 Å². The molecule has 0 aliphatic carbocycles. The zero-order valence-electron chi connectivity index (χ0n) is 11.2. The molecule has 0 saturated carbocycles. The van der Waals surface area contributed by atoms with Gasteiger partial charge in [-0.05, 0) is 59.7 Å². The number of fused-ring (bicyclic) bond motifs is 1. The zero-order valence-corrected chi connectivity index (χ0v) is 14.3. The molecule has 0 bridgehead atoms. The van der Waals surface area contributed by atoms with Crippen molar-refractivity contribution in [2.45, 2.75) is 13.8 Å². The largest absolute Gasteiger partial charge is 0.327 e. The molecule has 0 unspecified atom stereocenters. The minimum absolute atomic E-state index is 0.622. The standard InChI is InChI=1S/C13H12BrClN4S/c1-6-4-8(14)10(5-9(6)15)19-12-11(16-13(19)20)7(2)17-18(12)3/h4-5H,1-3H3,(H,16,20). The van der Waals surface area contributed by atoms with Crippen LogP contribution in [0.15, 0.2) is 16.6 Å². The lowest BCUT2D eigenvalue weighted by Gasteiger charge is -2.10. The number of nitrogens with one attached hydrogen (secondary N) is 1. The summed E-state index contributed by atoms with van der Waals surface area (Å²) in [5, 5.41) is 5.12. The molecule has 20 heavy (non-hydrogen) atoms. The summed E-state index contributed by atoms with van der Waals surface area (Å²) in [7, 11) is 1.90. The number of nitrogens with zero attached hydrogens (tertiary/aromatic N) is 3. The van der Waals surface area contributed by atoms with Crippen LogP contribution in [0, 0.1) is 18.6 Å². The number of imidazole rings is 1. The van der Waals surface area contributed by atoms with Crippen molar-refractivity contribution in [3.05, 3.63) is 37.7 Å². The fourth-order valence-electron chi connectivity index (χ4n) is 2.34. The van der Waals surface area contributed by atoms with E-state index in [1.165, 1.54) is 0 Å². The van der Waals surface area contributed by atoms with Crippen molar-refractivity contribution in [3.8, 4) is 5.69 Å². The Labute approximate surface area is 134 Å². The first kappa shape index (κ1) is 13.9. The predicted octanol–water partition coefficient (Wildman–Crippen LogP) is 4.45. The fraction of sp³-hybridized carbons (Fsp3) is 0.231. The van der Waals surface area contributed by atoms with Gasteiger partial charge in [0.15, 0.2) is 10.4 Å². The Bertz CT molecular complexity index is 890. The summed E-state index contributed by atoms with van der Waals surface area (Å²) < 4.78 is 5.32. The first-order chi connectivity index (χ1) is 9.40. The molecule has 3 aromatic rings. The summed E-state index contributed by atoms with van der Waals surface area (Å²) in [6.45, 7) is 3.92. The lowest BCUT2D eigenvalue weighted by molar-refractivity contribution is 0.759. The van der Waals surface area contributed by atoms with E-state index in [2.05, 4.69) is 26.0 Å². The van der Waals surface area contributed by atoms with E-state index in [1.54, 1.807) is 0 Å². The molecule has 1 aromatic carbocycles. The highest BCUT2D eigenvalue weighted by Gasteiger charge is 2.16. The Hall–Kier alpha value is -1.11. The van der Waals surface area contributed by atoms with Crippen LogP contribution >= 0.6 is 39.7 Å². The maximum absolute atomic E-state index is 6.25. The summed E-state index contributed by atoms with van der Waals surface area (Å²) >= 11 is 15.3. The van der Waals surface area contributed by atoms with E-state index in [0.29, 0.717) is 9.79 Å². The average molecular weight is 372 g/mol. The highest BCUT2D eigenvalue weighted by molar-refractivity contribution is 9.10. The van der Waals surface area contributed by atoms with E-state index in [-0.39, 0.29) is 0 Å². The van der Waals surface area contributed by atoms with Crippen LogP contribution in [-0.2, 0) is 7.05 Å². The summed E-state index contributed by atoms with van der Waals surface area (Å²) in [5.41, 5.74) is 4.71. The molecule has 0 spiro atoms. The van der Waals surface area contributed by atoms with Gasteiger partial charge in [-0.1, -0.05) is 11.6 Å². The third kappa shape index (κ3) is 1.94. The van der Waals surface area contributed by atoms with Gasteiger partial charge < -0.3 is 4.98 Å². The molecule has 2 heterocycles. The quantitative estimate of drug-likeness (QED) is 0.642. The third-order valence-corrected chi connectivity index (χ3v) is 4.63. The van der Waals surface area contributed by atoms with Crippen molar-refractivity contribution in [2.75, 3.05) is 0 Å². The van der Waals surface area contributed by atoms with E-state index in [4.69, 9.17) is 23.8 Å². The zero-order chi connectivity index (χ0) is 14.6. The summed E-state index contributed by atoms with van der Waals surface area (Å²) in [5.74, 6) is 0. The molecule has 2 aromatic heterocycles. The highest BCUT2D eigenvalue weighted by Crippen LogP contribution is 2.31. The molecule has 1 N–H and O–H groups in total. The van der Waals surface area contributed by atoms with Gasteiger partial charge in [-0.25, -0.2) is 4.68 Å². The number of halogens is 2. The number of hydrogen-bond acceptors (Lipinski definition) is 2. The molecule has 0 amide bonds. The topological polar surface area (TPSA) is 38.5 Å². The van der Waals surface area contributed by atoms with Crippen LogP contribution < -0.4 is 0 Å². The molecule has 4 nitrogen and oxygen atoms in total. The lowest BCUT2D eigenvalue weighted by atomic mass is 10.2. The Balaban J connectivity index is 2.44. The minimum atomic E-state index is 0.622. The summed E-state index contributed by atoms with van der Waals surface area (Å²) in [6, 6.07) is 3.90. The van der Waals surface area contributed by atoms with Gasteiger partial charge in [0.2, 0.25) is 0 Å².